The summed E-state index contributed by atoms with van der Waals surface area (Å²) in [6, 6.07) is 67.7. The molecule has 0 aliphatic rings. The van der Waals surface area contributed by atoms with Crippen LogP contribution in [0.2, 0.25) is 0 Å². The Hall–Kier alpha value is -9.92. The Balaban J connectivity index is 0.000000159. The molecule has 0 aliphatic heterocycles. The smallest absolute Gasteiger partial charge is 0.264 e. The van der Waals surface area contributed by atoms with Crippen molar-refractivity contribution in [2.75, 3.05) is 0 Å². The Kier molecular flexibility index (Phi) is 14.1. The zero-order valence-corrected chi connectivity index (χ0v) is 40.7. The summed E-state index contributed by atoms with van der Waals surface area (Å²) in [5.74, 6) is 0. The first-order valence-electron chi connectivity index (χ1n) is 24.6. The first-order valence-corrected chi connectivity index (χ1v) is 24.6. The Morgan fingerprint density at radius 2 is 0.419 bits per heavy atom. The fourth-order valence-electron chi connectivity index (χ4n) is 9.15. The summed E-state index contributed by atoms with van der Waals surface area (Å²) >= 11 is 0. The number of rotatable bonds is 12. The zero-order chi connectivity index (χ0) is 49.7. The summed E-state index contributed by atoms with van der Waals surface area (Å²) < 4.78 is 8.84. The van der Waals surface area contributed by atoms with Gasteiger partial charge in [-0.25, -0.2) is 0 Å². The lowest BCUT2D eigenvalue weighted by Crippen LogP contribution is -2.51. The van der Waals surface area contributed by atoms with Crippen LogP contribution in [0.25, 0.3) is 89.0 Å². The van der Waals surface area contributed by atoms with Gasteiger partial charge in [0.25, 0.3) is 0 Å². The monoisotopic (exact) mass is 956 g/mol. The predicted molar refractivity (Wildman–Crippen MR) is 292 cm³/mol. The van der Waals surface area contributed by atoms with Crippen molar-refractivity contribution in [2.24, 2.45) is 0 Å². The average Bonchev–Trinajstić information content (AvgIpc) is 3.49. The van der Waals surface area contributed by atoms with Crippen LogP contribution < -0.4 is 18.3 Å². The van der Waals surface area contributed by atoms with E-state index >= 15 is 0 Å². The van der Waals surface area contributed by atoms with Gasteiger partial charge in [-0.2, -0.15) is 0 Å². The summed E-state index contributed by atoms with van der Waals surface area (Å²) in [6.45, 7) is 1.43. The SMILES string of the molecule is c1cncc(-c2cccc(-c3ccc[n+](C[n+]4cccc(-c5cccc(-c6cccnc6)c5)c4)c3)c2)c1.c1cncc(-c2cccc(-c3ccc[n+](C[n+]4cccc(-c5cccc(-c6cccnc6)c5)c4)c3)c2)c1. The largest absolute Gasteiger partial charge is 0.343 e. The first-order chi connectivity index (χ1) is 36.6. The third-order valence-electron chi connectivity index (χ3n) is 12.8. The molecule has 0 spiro atoms. The minimum atomic E-state index is 0.715. The van der Waals surface area contributed by atoms with Crippen LogP contribution in [0, 0.1) is 0 Å². The van der Waals surface area contributed by atoms with E-state index in [-0.39, 0.29) is 0 Å². The van der Waals surface area contributed by atoms with E-state index < -0.39 is 0 Å². The van der Waals surface area contributed by atoms with Gasteiger partial charge in [0.2, 0.25) is 0 Å². The van der Waals surface area contributed by atoms with E-state index in [1.165, 1.54) is 44.5 Å². The van der Waals surface area contributed by atoms with E-state index in [2.05, 4.69) is 258 Å². The molecule has 0 fully saturated rings. The molecule has 74 heavy (non-hydrogen) atoms. The molecule has 0 radical (unpaired) electrons. The Morgan fingerprint density at radius 3 is 0.635 bits per heavy atom. The van der Waals surface area contributed by atoms with Gasteiger partial charge in [-0.1, -0.05) is 97.1 Å². The third kappa shape index (κ3) is 11.5. The van der Waals surface area contributed by atoms with Gasteiger partial charge in [0.1, 0.15) is 0 Å². The molecular formula is C66H52N8+4. The molecule has 0 atom stereocenters. The number of pyridine rings is 8. The van der Waals surface area contributed by atoms with Crippen molar-refractivity contribution in [1.29, 1.82) is 0 Å². The molecule has 8 aromatic heterocycles. The van der Waals surface area contributed by atoms with Crippen LogP contribution in [0.5, 0.6) is 0 Å². The molecule has 8 nitrogen and oxygen atoms in total. The van der Waals surface area contributed by atoms with Crippen LogP contribution in [0.4, 0.5) is 0 Å². The summed E-state index contributed by atoms with van der Waals surface area (Å²) in [5, 5.41) is 0. The molecule has 0 N–H and O–H groups in total. The molecule has 0 saturated heterocycles. The van der Waals surface area contributed by atoms with E-state index in [0.29, 0.717) is 13.3 Å². The standard InChI is InChI=1S/2C33H26N4/c2*1-7-26(30-11-3-15-34-21-30)19-28(9-1)32-13-5-17-36(23-32)25-37-18-6-14-33(24-37)29-10-2-8-27(20-29)31-12-4-16-35-22-31/h2*1-24H,25H2/q2*+2. The summed E-state index contributed by atoms with van der Waals surface area (Å²) in [7, 11) is 0. The number of nitrogens with zero attached hydrogens (tertiary/aromatic N) is 8. The van der Waals surface area contributed by atoms with Gasteiger partial charge >= 0.3 is 13.3 Å². The van der Waals surface area contributed by atoms with Gasteiger partial charge in [0.05, 0.1) is 0 Å². The van der Waals surface area contributed by atoms with E-state index in [1.807, 2.05) is 49.1 Å². The lowest BCUT2D eigenvalue weighted by Gasteiger charge is -2.06. The van der Waals surface area contributed by atoms with Crippen molar-refractivity contribution >= 4 is 0 Å². The van der Waals surface area contributed by atoms with Crippen LogP contribution in [0.1, 0.15) is 0 Å². The molecule has 4 aromatic carbocycles. The van der Waals surface area contributed by atoms with Crippen molar-refractivity contribution < 1.29 is 18.3 Å². The Labute approximate surface area is 431 Å². The Bertz CT molecular complexity index is 3290. The van der Waals surface area contributed by atoms with Crippen LogP contribution in [0.15, 0.2) is 293 Å². The van der Waals surface area contributed by atoms with Gasteiger partial charge in [0, 0.05) is 118 Å². The molecule has 8 heterocycles. The molecule has 0 unspecified atom stereocenters. The van der Waals surface area contributed by atoms with Crippen molar-refractivity contribution in [3.05, 3.63) is 293 Å². The molecule has 12 rings (SSSR count). The highest BCUT2D eigenvalue weighted by atomic mass is 15.1. The minimum Gasteiger partial charge on any atom is -0.264 e. The molecule has 0 bridgehead atoms. The van der Waals surface area contributed by atoms with Crippen LogP contribution in [-0.4, -0.2) is 19.9 Å². The maximum absolute atomic E-state index is 4.26. The molecule has 352 valence electrons. The molecule has 0 saturated carbocycles. The molecule has 0 aliphatic carbocycles. The summed E-state index contributed by atoms with van der Waals surface area (Å²) in [5.41, 5.74) is 18.6. The Morgan fingerprint density at radius 1 is 0.216 bits per heavy atom. The number of hydrogen-bond acceptors (Lipinski definition) is 4. The van der Waals surface area contributed by atoms with Crippen LogP contribution in [0.3, 0.4) is 0 Å². The lowest BCUT2D eigenvalue weighted by atomic mass is 10.0. The summed E-state index contributed by atoms with van der Waals surface area (Å²) in [6.07, 6.45) is 32.1. The molecule has 0 amide bonds. The van der Waals surface area contributed by atoms with E-state index in [1.54, 1.807) is 24.8 Å². The zero-order valence-electron chi connectivity index (χ0n) is 40.7. The highest BCUT2D eigenvalue weighted by Crippen LogP contribution is 2.29. The minimum absolute atomic E-state index is 0.715. The first kappa shape index (κ1) is 46.5. The normalized spacial score (nSPS) is 10.8. The average molecular weight is 957 g/mol. The lowest BCUT2D eigenvalue weighted by molar-refractivity contribution is -0.913. The van der Waals surface area contributed by atoms with Crippen LogP contribution >= 0.6 is 0 Å². The summed E-state index contributed by atoms with van der Waals surface area (Å²) in [4.78, 5) is 17.1. The topological polar surface area (TPSA) is 67.1 Å². The molecule has 12 aromatic rings. The maximum atomic E-state index is 4.26. The van der Waals surface area contributed by atoms with E-state index in [0.717, 1.165) is 44.5 Å². The van der Waals surface area contributed by atoms with Crippen molar-refractivity contribution in [3.8, 4) is 89.0 Å². The second kappa shape index (κ2) is 22.4. The number of benzene rings is 4. The van der Waals surface area contributed by atoms with Gasteiger partial charge in [0.15, 0.2) is 49.6 Å². The van der Waals surface area contributed by atoms with Gasteiger partial charge in [-0.15, -0.1) is 18.3 Å². The molecular weight excluding hydrogens is 905 g/mol. The van der Waals surface area contributed by atoms with Crippen LogP contribution in [-0.2, 0) is 13.3 Å². The third-order valence-corrected chi connectivity index (χ3v) is 12.8. The number of aromatic nitrogens is 8. The van der Waals surface area contributed by atoms with Crippen molar-refractivity contribution in [2.45, 2.75) is 13.3 Å². The quantitative estimate of drug-likeness (QED) is 0.114. The fourth-order valence-corrected chi connectivity index (χ4v) is 9.15. The van der Waals surface area contributed by atoms with Gasteiger partial charge in [-0.05, 0) is 117 Å². The predicted octanol–water partition coefficient (Wildman–Crippen LogP) is 12.5. The van der Waals surface area contributed by atoms with E-state index in [9.17, 15) is 0 Å². The maximum Gasteiger partial charge on any atom is 0.343 e. The van der Waals surface area contributed by atoms with E-state index in [4.69, 9.17) is 0 Å². The second-order valence-electron chi connectivity index (χ2n) is 18.0. The van der Waals surface area contributed by atoms with Gasteiger partial charge < -0.3 is 0 Å². The highest BCUT2D eigenvalue weighted by molar-refractivity contribution is 5.75. The number of hydrogen-bond donors (Lipinski definition) is 0. The fraction of sp³-hybridized carbons (Fsp3) is 0.0303. The molecule has 8 heteroatoms. The van der Waals surface area contributed by atoms with Gasteiger partial charge in [-0.3, -0.25) is 19.9 Å². The highest BCUT2D eigenvalue weighted by Gasteiger charge is 2.15. The second-order valence-corrected chi connectivity index (χ2v) is 18.0. The van der Waals surface area contributed by atoms with Crippen molar-refractivity contribution in [3.63, 3.8) is 0 Å². The van der Waals surface area contributed by atoms with Crippen molar-refractivity contribution in [1.82, 2.24) is 19.9 Å².